The Morgan fingerprint density at radius 2 is 0.712 bits per heavy atom. The Kier molecular flexibility index (Phi) is 7.08. The van der Waals surface area contributed by atoms with E-state index in [1.54, 1.807) is 0 Å². The topological polar surface area (TPSA) is 38.7 Å². The zero-order valence-electron chi connectivity index (χ0n) is 30.8. The van der Waals surface area contributed by atoms with Crippen molar-refractivity contribution in [3.63, 3.8) is 0 Å². The van der Waals surface area contributed by atoms with Crippen LogP contribution in [0.25, 0.3) is 22.3 Å². The predicted octanol–water partition coefficient (Wildman–Crippen LogP) is 11.2. The van der Waals surface area contributed by atoms with Crippen LogP contribution in [0.3, 0.4) is 0 Å². The highest BCUT2D eigenvalue weighted by Gasteiger charge is 2.53. The van der Waals surface area contributed by atoms with Gasteiger partial charge >= 0.3 is 0 Å². The SMILES string of the molecule is CC(C)(c1ccccc1)c1nc(C(C)(C)c2ccccc2)nc(C(C)(C)c2cccc3c2-c2ccccc2C32c3ccccc3-c3ccccc32)n1. The fourth-order valence-corrected chi connectivity index (χ4v) is 8.97. The van der Waals surface area contributed by atoms with Crippen molar-refractivity contribution in [2.24, 2.45) is 0 Å². The molecule has 2 aliphatic carbocycles. The quantitative estimate of drug-likeness (QED) is 0.176. The van der Waals surface area contributed by atoms with E-state index in [4.69, 9.17) is 15.0 Å². The molecule has 7 aromatic rings. The maximum Gasteiger partial charge on any atom is 0.142 e. The number of nitrogens with zero attached hydrogens (tertiary/aromatic N) is 3. The van der Waals surface area contributed by atoms with Crippen LogP contribution in [-0.4, -0.2) is 15.0 Å². The summed E-state index contributed by atoms with van der Waals surface area (Å²) in [5, 5.41) is 0. The minimum absolute atomic E-state index is 0.411. The van der Waals surface area contributed by atoms with Gasteiger partial charge in [-0.25, -0.2) is 15.0 Å². The molecule has 1 spiro atoms. The molecule has 3 heteroatoms. The molecular formula is C49H43N3. The summed E-state index contributed by atoms with van der Waals surface area (Å²) in [6.07, 6.45) is 0. The van der Waals surface area contributed by atoms with Gasteiger partial charge in [0.05, 0.1) is 10.8 Å². The van der Waals surface area contributed by atoms with Crippen LogP contribution < -0.4 is 0 Å². The van der Waals surface area contributed by atoms with Crippen LogP contribution in [0.15, 0.2) is 152 Å². The zero-order valence-corrected chi connectivity index (χ0v) is 30.8. The lowest BCUT2D eigenvalue weighted by Gasteiger charge is -2.33. The largest absolute Gasteiger partial charge is 0.216 e. The molecule has 0 saturated heterocycles. The predicted molar refractivity (Wildman–Crippen MR) is 212 cm³/mol. The van der Waals surface area contributed by atoms with Crippen LogP contribution in [0.1, 0.15) is 98.0 Å². The molecule has 3 nitrogen and oxygen atoms in total. The van der Waals surface area contributed by atoms with E-state index < -0.39 is 21.7 Å². The molecule has 2 aliphatic rings. The first kappa shape index (κ1) is 32.3. The standard InChI is InChI=1S/C49H43N3/c1-46(2,32-20-9-7-10-21-32)43-50-44(47(3,4)33-22-11-8-12-23-33)52-45(51-43)48(5,6)40-30-19-31-41-42(40)36-26-15-18-29-39(36)49(41)37-27-16-13-24-34(37)35-25-14-17-28-38(35)49/h7-31H,1-6H3. The van der Waals surface area contributed by atoms with Gasteiger partial charge in [0.25, 0.3) is 0 Å². The fourth-order valence-electron chi connectivity index (χ4n) is 8.97. The molecule has 0 unspecified atom stereocenters. The van der Waals surface area contributed by atoms with Crippen LogP contribution in [0.5, 0.6) is 0 Å². The lowest BCUT2D eigenvalue weighted by Crippen LogP contribution is -2.33. The van der Waals surface area contributed by atoms with Crippen molar-refractivity contribution < 1.29 is 0 Å². The molecule has 0 N–H and O–H groups in total. The van der Waals surface area contributed by atoms with Crippen LogP contribution >= 0.6 is 0 Å². The van der Waals surface area contributed by atoms with Gasteiger partial charge in [-0.1, -0.05) is 152 Å². The molecule has 0 amide bonds. The van der Waals surface area contributed by atoms with Crippen molar-refractivity contribution in [3.05, 3.63) is 208 Å². The lowest BCUT2D eigenvalue weighted by molar-refractivity contribution is 0.495. The highest BCUT2D eigenvalue weighted by molar-refractivity contribution is 5.96. The third-order valence-electron chi connectivity index (χ3n) is 12.0. The number of hydrogen-bond donors (Lipinski definition) is 0. The van der Waals surface area contributed by atoms with E-state index in [-0.39, 0.29) is 0 Å². The Hall–Kier alpha value is -5.67. The molecule has 1 aromatic heterocycles. The smallest absolute Gasteiger partial charge is 0.142 e. The number of aromatic nitrogens is 3. The molecule has 9 rings (SSSR count). The van der Waals surface area contributed by atoms with Crippen LogP contribution in [-0.2, 0) is 21.7 Å². The fraction of sp³-hybridized carbons (Fsp3) is 0.204. The van der Waals surface area contributed by atoms with Gasteiger partial charge in [0.2, 0.25) is 0 Å². The summed E-state index contributed by atoms with van der Waals surface area (Å²) in [7, 11) is 0. The molecule has 0 radical (unpaired) electrons. The Bertz CT molecular complexity index is 2380. The Morgan fingerprint density at radius 3 is 1.19 bits per heavy atom. The number of hydrogen-bond acceptors (Lipinski definition) is 3. The van der Waals surface area contributed by atoms with Crippen molar-refractivity contribution in [1.29, 1.82) is 0 Å². The summed E-state index contributed by atoms with van der Waals surface area (Å²) in [4.78, 5) is 16.2. The Balaban J connectivity index is 1.31. The average molecular weight is 674 g/mol. The summed E-state index contributed by atoms with van der Waals surface area (Å²) in [6.45, 7) is 13.5. The second-order valence-corrected chi connectivity index (χ2v) is 16.0. The summed E-state index contributed by atoms with van der Waals surface area (Å²) in [5.41, 5.74) is 12.2. The van der Waals surface area contributed by atoms with E-state index in [0.29, 0.717) is 0 Å². The van der Waals surface area contributed by atoms with Gasteiger partial charge in [-0.3, -0.25) is 0 Å². The molecular weight excluding hydrogens is 631 g/mol. The van der Waals surface area contributed by atoms with Gasteiger partial charge in [-0.2, -0.15) is 0 Å². The molecule has 1 heterocycles. The molecule has 0 atom stereocenters. The highest BCUT2D eigenvalue weighted by Crippen LogP contribution is 2.64. The number of fused-ring (bicyclic) bond motifs is 10. The van der Waals surface area contributed by atoms with Crippen molar-refractivity contribution in [3.8, 4) is 22.3 Å². The first-order chi connectivity index (χ1) is 25.1. The summed E-state index contributed by atoms with van der Waals surface area (Å²) in [5.74, 6) is 2.33. The van der Waals surface area contributed by atoms with E-state index in [0.717, 1.165) is 17.5 Å². The highest BCUT2D eigenvalue weighted by atomic mass is 15.1. The summed E-state index contributed by atoms with van der Waals surface area (Å²) in [6, 6.07) is 55.1. The minimum atomic E-state index is -0.576. The minimum Gasteiger partial charge on any atom is -0.216 e. The summed E-state index contributed by atoms with van der Waals surface area (Å²) >= 11 is 0. The lowest BCUT2D eigenvalue weighted by atomic mass is 9.70. The molecule has 0 aliphatic heterocycles. The molecule has 52 heavy (non-hydrogen) atoms. The second kappa shape index (κ2) is 11.4. The van der Waals surface area contributed by atoms with Gasteiger partial charge < -0.3 is 0 Å². The normalized spacial score (nSPS) is 14.1. The first-order valence-electron chi connectivity index (χ1n) is 18.4. The number of benzene rings is 6. The van der Waals surface area contributed by atoms with E-state index in [1.807, 2.05) is 0 Å². The maximum absolute atomic E-state index is 5.46. The number of rotatable bonds is 6. The molecule has 0 bridgehead atoms. The van der Waals surface area contributed by atoms with Crippen LogP contribution in [0, 0.1) is 0 Å². The van der Waals surface area contributed by atoms with E-state index >= 15 is 0 Å². The van der Waals surface area contributed by atoms with Gasteiger partial charge in [0.1, 0.15) is 17.5 Å². The van der Waals surface area contributed by atoms with Gasteiger partial charge in [-0.05, 0) is 103 Å². The van der Waals surface area contributed by atoms with Crippen molar-refractivity contribution >= 4 is 0 Å². The third-order valence-corrected chi connectivity index (χ3v) is 12.0. The van der Waals surface area contributed by atoms with Crippen molar-refractivity contribution in [2.75, 3.05) is 0 Å². The van der Waals surface area contributed by atoms with Gasteiger partial charge in [0.15, 0.2) is 0 Å². The third kappa shape index (κ3) is 4.41. The van der Waals surface area contributed by atoms with E-state index in [9.17, 15) is 0 Å². The first-order valence-corrected chi connectivity index (χ1v) is 18.4. The van der Waals surface area contributed by atoms with E-state index in [2.05, 4.69) is 193 Å². The molecule has 254 valence electrons. The van der Waals surface area contributed by atoms with Crippen molar-refractivity contribution in [1.82, 2.24) is 15.0 Å². The molecule has 6 aromatic carbocycles. The Labute approximate surface area is 307 Å². The summed E-state index contributed by atoms with van der Waals surface area (Å²) < 4.78 is 0. The van der Waals surface area contributed by atoms with Gasteiger partial charge in [-0.15, -0.1) is 0 Å². The monoisotopic (exact) mass is 673 g/mol. The second-order valence-electron chi connectivity index (χ2n) is 16.0. The Morgan fingerprint density at radius 1 is 0.346 bits per heavy atom. The van der Waals surface area contributed by atoms with E-state index in [1.165, 1.54) is 61.2 Å². The maximum atomic E-state index is 5.46. The van der Waals surface area contributed by atoms with Crippen molar-refractivity contribution in [2.45, 2.75) is 63.2 Å². The van der Waals surface area contributed by atoms with Crippen LogP contribution in [0.4, 0.5) is 0 Å². The van der Waals surface area contributed by atoms with Crippen LogP contribution in [0.2, 0.25) is 0 Å². The van der Waals surface area contributed by atoms with Gasteiger partial charge in [0, 0.05) is 10.8 Å². The zero-order chi connectivity index (χ0) is 35.9. The molecule has 0 saturated carbocycles. The molecule has 0 fully saturated rings. The average Bonchev–Trinajstić information content (AvgIpc) is 3.66.